The van der Waals surface area contributed by atoms with E-state index in [4.69, 9.17) is 5.11 Å². The summed E-state index contributed by atoms with van der Waals surface area (Å²) in [5.41, 5.74) is 0. The SMILES string of the molecule is CNC(=O)CN(C)C(=O)NCCCC(C)C(=O)O. The van der Waals surface area contributed by atoms with E-state index >= 15 is 0 Å². The zero-order valence-electron chi connectivity index (χ0n) is 11.0. The molecule has 0 aromatic heterocycles. The van der Waals surface area contributed by atoms with Crippen LogP contribution in [0.4, 0.5) is 4.79 Å². The largest absolute Gasteiger partial charge is 0.481 e. The lowest BCUT2D eigenvalue weighted by atomic mass is 10.1. The Balaban J connectivity index is 3.76. The number of carbonyl (C=O) groups is 3. The van der Waals surface area contributed by atoms with Gasteiger partial charge in [-0.05, 0) is 12.8 Å². The Hall–Kier alpha value is -1.79. The summed E-state index contributed by atoms with van der Waals surface area (Å²) in [6, 6.07) is -0.346. The fourth-order valence-corrected chi connectivity index (χ4v) is 1.23. The minimum atomic E-state index is -0.835. The van der Waals surface area contributed by atoms with E-state index in [-0.39, 0.29) is 18.5 Å². The summed E-state index contributed by atoms with van der Waals surface area (Å²) in [7, 11) is 3.02. The topological polar surface area (TPSA) is 98.7 Å². The summed E-state index contributed by atoms with van der Waals surface area (Å²) in [5, 5.41) is 13.7. The van der Waals surface area contributed by atoms with Crippen molar-refractivity contribution in [1.29, 1.82) is 0 Å². The van der Waals surface area contributed by atoms with Crippen LogP contribution in [0.5, 0.6) is 0 Å². The van der Waals surface area contributed by atoms with E-state index in [0.717, 1.165) is 0 Å². The highest BCUT2D eigenvalue weighted by Crippen LogP contribution is 2.04. The van der Waals surface area contributed by atoms with Crippen molar-refractivity contribution in [3.05, 3.63) is 0 Å². The van der Waals surface area contributed by atoms with E-state index in [9.17, 15) is 14.4 Å². The van der Waals surface area contributed by atoms with Gasteiger partial charge >= 0.3 is 12.0 Å². The molecule has 1 unspecified atom stereocenters. The molecule has 0 saturated carbocycles. The van der Waals surface area contributed by atoms with E-state index in [1.54, 1.807) is 6.92 Å². The van der Waals surface area contributed by atoms with Crippen LogP contribution in [0.1, 0.15) is 19.8 Å². The van der Waals surface area contributed by atoms with Crippen molar-refractivity contribution in [2.75, 3.05) is 27.2 Å². The monoisotopic (exact) mass is 259 g/mol. The summed E-state index contributed by atoms with van der Waals surface area (Å²) in [6.07, 6.45) is 1.10. The normalized spacial score (nSPS) is 11.5. The van der Waals surface area contributed by atoms with Crippen LogP contribution in [-0.4, -0.2) is 55.1 Å². The first-order valence-corrected chi connectivity index (χ1v) is 5.80. The second kappa shape index (κ2) is 8.32. The van der Waals surface area contributed by atoms with E-state index in [1.807, 2.05) is 0 Å². The van der Waals surface area contributed by atoms with Crippen molar-refractivity contribution in [2.45, 2.75) is 19.8 Å². The highest BCUT2D eigenvalue weighted by molar-refractivity contribution is 5.83. The molecule has 0 rings (SSSR count). The molecule has 1 atom stereocenters. The predicted molar refractivity (Wildman–Crippen MR) is 66.1 cm³/mol. The van der Waals surface area contributed by atoms with Crippen LogP contribution < -0.4 is 10.6 Å². The average Bonchev–Trinajstić information content (AvgIpc) is 2.33. The molecule has 0 aromatic rings. The second-order valence-corrected chi connectivity index (χ2v) is 4.14. The van der Waals surface area contributed by atoms with Gasteiger partial charge in [0, 0.05) is 20.6 Å². The van der Waals surface area contributed by atoms with Crippen molar-refractivity contribution in [1.82, 2.24) is 15.5 Å². The number of urea groups is 1. The van der Waals surface area contributed by atoms with Crippen LogP contribution in [0, 0.1) is 5.92 Å². The van der Waals surface area contributed by atoms with Gasteiger partial charge in [0.15, 0.2) is 0 Å². The maximum absolute atomic E-state index is 11.5. The molecule has 0 spiro atoms. The molecule has 0 aliphatic carbocycles. The van der Waals surface area contributed by atoms with Crippen LogP contribution in [-0.2, 0) is 9.59 Å². The molecule has 0 radical (unpaired) electrons. The summed E-state index contributed by atoms with van der Waals surface area (Å²) in [5.74, 6) is -1.49. The molecule has 0 saturated heterocycles. The Labute approximate surface area is 107 Å². The molecule has 18 heavy (non-hydrogen) atoms. The third-order valence-electron chi connectivity index (χ3n) is 2.52. The lowest BCUT2D eigenvalue weighted by Crippen LogP contribution is -2.42. The van der Waals surface area contributed by atoms with Crippen molar-refractivity contribution in [2.24, 2.45) is 5.92 Å². The molecule has 0 aromatic carbocycles. The molecular formula is C11H21N3O4. The van der Waals surface area contributed by atoms with Gasteiger partial charge in [-0.3, -0.25) is 9.59 Å². The van der Waals surface area contributed by atoms with Gasteiger partial charge in [0.05, 0.1) is 5.92 Å². The molecule has 3 amide bonds. The second-order valence-electron chi connectivity index (χ2n) is 4.14. The number of nitrogens with one attached hydrogen (secondary N) is 2. The van der Waals surface area contributed by atoms with Gasteiger partial charge in [-0.1, -0.05) is 6.92 Å². The molecule has 7 heteroatoms. The number of nitrogens with zero attached hydrogens (tertiary/aromatic N) is 1. The number of aliphatic carboxylic acids is 1. The maximum atomic E-state index is 11.5. The van der Waals surface area contributed by atoms with Gasteiger partial charge < -0.3 is 20.6 Å². The Morgan fingerprint density at radius 3 is 2.44 bits per heavy atom. The first kappa shape index (κ1) is 16.2. The molecule has 7 nitrogen and oxygen atoms in total. The van der Waals surface area contributed by atoms with Gasteiger partial charge in [0.25, 0.3) is 0 Å². The standard InChI is InChI=1S/C11H21N3O4/c1-8(10(16)17)5-4-6-13-11(18)14(3)7-9(15)12-2/h8H,4-7H2,1-3H3,(H,12,15)(H,13,18)(H,16,17). The van der Waals surface area contributed by atoms with Gasteiger partial charge in [0.1, 0.15) is 6.54 Å². The van der Waals surface area contributed by atoms with Crippen LogP contribution in [0.25, 0.3) is 0 Å². The highest BCUT2D eigenvalue weighted by atomic mass is 16.4. The summed E-state index contributed by atoms with van der Waals surface area (Å²) >= 11 is 0. The van der Waals surface area contributed by atoms with Crippen molar-refractivity contribution in [3.63, 3.8) is 0 Å². The third kappa shape index (κ3) is 6.72. The van der Waals surface area contributed by atoms with Crippen molar-refractivity contribution < 1.29 is 19.5 Å². The predicted octanol–water partition coefficient (Wildman–Crippen LogP) is -0.125. The minimum absolute atomic E-state index is 0.00609. The number of hydrogen-bond donors (Lipinski definition) is 3. The number of likely N-dealkylation sites (N-methyl/N-ethyl adjacent to an activating group) is 2. The van der Waals surface area contributed by atoms with Crippen LogP contribution >= 0.6 is 0 Å². The van der Waals surface area contributed by atoms with Crippen molar-refractivity contribution in [3.8, 4) is 0 Å². The fraction of sp³-hybridized carbons (Fsp3) is 0.727. The van der Waals surface area contributed by atoms with Gasteiger partial charge in [-0.2, -0.15) is 0 Å². The Kier molecular flexibility index (Phi) is 7.50. The van der Waals surface area contributed by atoms with Crippen LogP contribution in [0.15, 0.2) is 0 Å². The zero-order chi connectivity index (χ0) is 14.1. The van der Waals surface area contributed by atoms with E-state index in [1.165, 1.54) is 19.0 Å². The molecule has 0 bridgehead atoms. The third-order valence-corrected chi connectivity index (χ3v) is 2.52. The number of rotatable bonds is 7. The summed E-state index contributed by atoms with van der Waals surface area (Å²) in [4.78, 5) is 34.3. The molecule has 0 aliphatic rings. The molecule has 0 fully saturated rings. The average molecular weight is 259 g/mol. The van der Waals surface area contributed by atoms with E-state index in [2.05, 4.69) is 10.6 Å². The van der Waals surface area contributed by atoms with Gasteiger partial charge in [-0.25, -0.2) is 4.79 Å². The summed E-state index contributed by atoms with van der Waals surface area (Å²) < 4.78 is 0. The highest BCUT2D eigenvalue weighted by Gasteiger charge is 2.12. The molecule has 3 N–H and O–H groups in total. The Morgan fingerprint density at radius 1 is 1.33 bits per heavy atom. The lowest BCUT2D eigenvalue weighted by molar-refractivity contribution is -0.141. The van der Waals surface area contributed by atoms with E-state index in [0.29, 0.717) is 19.4 Å². The quantitative estimate of drug-likeness (QED) is 0.555. The van der Waals surface area contributed by atoms with Crippen LogP contribution in [0.3, 0.4) is 0 Å². The smallest absolute Gasteiger partial charge is 0.317 e. The van der Waals surface area contributed by atoms with E-state index < -0.39 is 11.9 Å². The number of amides is 3. The van der Waals surface area contributed by atoms with Crippen molar-refractivity contribution >= 4 is 17.9 Å². The fourth-order valence-electron chi connectivity index (χ4n) is 1.23. The Morgan fingerprint density at radius 2 is 1.94 bits per heavy atom. The minimum Gasteiger partial charge on any atom is -0.481 e. The first-order valence-electron chi connectivity index (χ1n) is 5.80. The molecule has 0 aliphatic heterocycles. The summed E-state index contributed by atoms with van der Waals surface area (Å²) in [6.45, 7) is 2.02. The first-order chi connectivity index (χ1) is 8.38. The number of carbonyl (C=O) groups excluding carboxylic acids is 2. The number of hydrogen-bond acceptors (Lipinski definition) is 3. The van der Waals surface area contributed by atoms with Gasteiger partial charge in [0.2, 0.25) is 5.91 Å². The van der Waals surface area contributed by atoms with Gasteiger partial charge in [-0.15, -0.1) is 0 Å². The molecular weight excluding hydrogens is 238 g/mol. The number of carboxylic acids is 1. The lowest BCUT2D eigenvalue weighted by Gasteiger charge is -2.17. The molecule has 0 heterocycles. The van der Waals surface area contributed by atoms with Crippen LogP contribution in [0.2, 0.25) is 0 Å². The number of carboxylic acid groups (broad SMARTS) is 1. The Bertz CT molecular complexity index is 307. The zero-order valence-corrected chi connectivity index (χ0v) is 11.0. The molecule has 104 valence electrons. The maximum Gasteiger partial charge on any atom is 0.317 e.